The highest BCUT2D eigenvalue weighted by Gasteiger charge is 2.09. The van der Waals surface area contributed by atoms with Gasteiger partial charge in [0.2, 0.25) is 5.88 Å². The third kappa shape index (κ3) is 3.94. The Morgan fingerprint density at radius 3 is 2.88 bits per heavy atom. The second-order valence-electron chi connectivity index (χ2n) is 3.10. The lowest BCUT2D eigenvalue weighted by molar-refractivity contribution is 0.0603. The summed E-state index contributed by atoms with van der Waals surface area (Å²) in [6, 6.07) is 0.284. The highest BCUT2D eigenvalue weighted by atomic mass is 79.9. The van der Waals surface area contributed by atoms with E-state index in [-0.39, 0.29) is 12.1 Å². The summed E-state index contributed by atoms with van der Waals surface area (Å²) in [4.78, 5) is 8.10. The van der Waals surface area contributed by atoms with Crippen LogP contribution < -0.4 is 9.47 Å². The first kappa shape index (κ1) is 13.2. The summed E-state index contributed by atoms with van der Waals surface area (Å²) in [7, 11) is 1.54. The highest BCUT2D eigenvalue weighted by Crippen LogP contribution is 2.22. The molecule has 5 nitrogen and oxygen atoms in total. The SMILES string of the molecule is CCOCC(C)Oc1ncc(Br)c(OC)n1. The number of nitrogens with zero attached hydrogens (tertiary/aromatic N) is 2. The summed E-state index contributed by atoms with van der Waals surface area (Å²) in [5.41, 5.74) is 0. The molecule has 0 bridgehead atoms. The van der Waals surface area contributed by atoms with Crippen molar-refractivity contribution >= 4 is 15.9 Å². The Hall–Kier alpha value is -0.880. The van der Waals surface area contributed by atoms with Gasteiger partial charge in [0.05, 0.1) is 24.4 Å². The maximum absolute atomic E-state index is 5.47. The van der Waals surface area contributed by atoms with Gasteiger partial charge in [0.25, 0.3) is 0 Å². The molecule has 0 saturated carbocycles. The Morgan fingerprint density at radius 2 is 2.25 bits per heavy atom. The summed E-state index contributed by atoms with van der Waals surface area (Å²) in [5.74, 6) is 0.452. The fourth-order valence-electron chi connectivity index (χ4n) is 1.03. The van der Waals surface area contributed by atoms with Gasteiger partial charge in [0, 0.05) is 6.61 Å². The van der Waals surface area contributed by atoms with Crippen molar-refractivity contribution in [1.82, 2.24) is 9.97 Å². The molecule has 1 aromatic rings. The predicted molar refractivity (Wildman–Crippen MR) is 62.9 cm³/mol. The Labute approximate surface area is 103 Å². The van der Waals surface area contributed by atoms with Crippen LogP contribution in [-0.2, 0) is 4.74 Å². The van der Waals surface area contributed by atoms with E-state index in [0.29, 0.717) is 23.6 Å². The van der Waals surface area contributed by atoms with Gasteiger partial charge >= 0.3 is 6.01 Å². The molecule has 1 heterocycles. The molecule has 90 valence electrons. The minimum Gasteiger partial charge on any atom is -0.480 e. The van der Waals surface area contributed by atoms with Crippen LogP contribution >= 0.6 is 15.9 Å². The number of hydrogen-bond acceptors (Lipinski definition) is 5. The predicted octanol–water partition coefficient (Wildman–Crippen LogP) is 2.05. The van der Waals surface area contributed by atoms with E-state index < -0.39 is 0 Å². The summed E-state index contributed by atoms with van der Waals surface area (Å²) in [5, 5.41) is 0. The second-order valence-corrected chi connectivity index (χ2v) is 3.95. The number of rotatable bonds is 6. The zero-order valence-electron chi connectivity index (χ0n) is 9.57. The lowest BCUT2D eigenvalue weighted by Crippen LogP contribution is -2.20. The van der Waals surface area contributed by atoms with Crippen LogP contribution in [0.4, 0.5) is 0 Å². The van der Waals surface area contributed by atoms with Crippen molar-refractivity contribution < 1.29 is 14.2 Å². The molecule has 0 saturated heterocycles. The van der Waals surface area contributed by atoms with Gasteiger partial charge in [-0.1, -0.05) is 0 Å². The molecule has 6 heteroatoms. The fraction of sp³-hybridized carbons (Fsp3) is 0.600. The van der Waals surface area contributed by atoms with Crippen molar-refractivity contribution in [2.24, 2.45) is 0 Å². The summed E-state index contributed by atoms with van der Waals surface area (Å²) in [6.07, 6.45) is 1.50. The second kappa shape index (κ2) is 6.65. The number of aromatic nitrogens is 2. The van der Waals surface area contributed by atoms with Crippen LogP contribution in [0.3, 0.4) is 0 Å². The van der Waals surface area contributed by atoms with Crippen molar-refractivity contribution in [3.05, 3.63) is 10.7 Å². The van der Waals surface area contributed by atoms with Crippen LogP contribution in [0.25, 0.3) is 0 Å². The van der Waals surface area contributed by atoms with Crippen LogP contribution in [0.5, 0.6) is 11.9 Å². The number of hydrogen-bond donors (Lipinski definition) is 0. The topological polar surface area (TPSA) is 53.5 Å². The number of methoxy groups -OCH3 is 1. The van der Waals surface area contributed by atoms with Gasteiger partial charge in [-0.15, -0.1) is 0 Å². The first-order valence-corrected chi connectivity index (χ1v) is 5.77. The van der Waals surface area contributed by atoms with Gasteiger partial charge in [-0.25, -0.2) is 4.98 Å². The fourth-order valence-corrected chi connectivity index (χ4v) is 1.39. The molecule has 1 rings (SSSR count). The van der Waals surface area contributed by atoms with Crippen LogP contribution in [0.15, 0.2) is 10.7 Å². The zero-order valence-corrected chi connectivity index (χ0v) is 11.2. The van der Waals surface area contributed by atoms with E-state index >= 15 is 0 Å². The van der Waals surface area contributed by atoms with E-state index in [4.69, 9.17) is 14.2 Å². The van der Waals surface area contributed by atoms with Gasteiger partial charge < -0.3 is 14.2 Å². The van der Waals surface area contributed by atoms with E-state index in [1.54, 1.807) is 13.3 Å². The van der Waals surface area contributed by atoms with Crippen LogP contribution in [0.1, 0.15) is 13.8 Å². The molecule has 0 aliphatic carbocycles. The molecule has 0 aliphatic heterocycles. The molecule has 1 atom stereocenters. The Kier molecular flexibility index (Phi) is 5.48. The molecular formula is C10H15BrN2O3. The molecular weight excluding hydrogens is 276 g/mol. The van der Waals surface area contributed by atoms with Crippen LogP contribution in [0.2, 0.25) is 0 Å². The lowest BCUT2D eigenvalue weighted by Gasteiger charge is -2.13. The number of ether oxygens (including phenoxy) is 3. The van der Waals surface area contributed by atoms with Gasteiger partial charge in [-0.05, 0) is 29.8 Å². The Morgan fingerprint density at radius 1 is 1.50 bits per heavy atom. The van der Waals surface area contributed by atoms with Gasteiger partial charge in [0.15, 0.2) is 0 Å². The molecule has 0 fully saturated rings. The molecule has 0 radical (unpaired) electrons. The van der Waals surface area contributed by atoms with E-state index in [9.17, 15) is 0 Å². The molecule has 1 aromatic heterocycles. The van der Waals surface area contributed by atoms with E-state index in [0.717, 1.165) is 0 Å². The maximum atomic E-state index is 5.47. The van der Waals surface area contributed by atoms with Gasteiger partial charge in [-0.2, -0.15) is 4.98 Å². The zero-order chi connectivity index (χ0) is 12.0. The average molecular weight is 291 g/mol. The monoisotopic (exact) mass is 290 g/mol. The van der Waals surface area contributed by atoms with E-state index in [1.165, 1.54) is 0 Å². The molecule has 0 N–H and O–H groups in total. The van der Waals surface area contributed by atoms with Crippen LogP contribution in [-0.4, -0.2) is 36.4 Å². The summed E-state index contributed by atoms with van der Waals surface area (Å²) < 4.78 is 16.4. The normalized spacial score (nSPS) is 12.2. The lowest BCUT2D eigenvalue weighted by atomic mass is 10.4. The number of halogens is 1. The average Bonchev–Trinajstić information content (AvgIpc) is 2.29. The first-order chi connectivity index (χ1) is 7.67. The van der Waals surface area contributed by atoms with Gasteiger partial charge in [-0.3, -0.25) is 0 Å². The van der Waals surface area contributed by atoms with Crippen molar-refractivity contribution in [2.75, 3.05) is 20.3 Å². The van der Waals surface area contributed by atoms with Crippen molar-refractivity contribution in [3.63, 3.8) is 0 Å². The molecule has 1 unspecified atom stereocenters. The minimum atomic E-state index is -0.0918. The smallest absolute Gasteiger partial charge is 0.320 e. The Balaban J connectivity index is 2.59. The first-order valence-electron chi connectivity index (χ1n) is 4.98. The van der Waals surface area contributed by atoms with Crippen molar-refractivity contribution in [2.45, 2.75) is 20.0 Å². The minimum absolute atomic E-state index is 0.0918. The van der Waals surface area contributed by atoms with Gasteiger partial charge in [0.1, 0.15) is 6.10 Å². The summed E-state index contributed by atoms with van der Waals surface area (Å²) in [6.45, 7) is 5.01. The van der Waals surface area contributed by atoms with Crippen LogP contribution in [0, 0.1) is 0 Å². The van der Waals surface area contributed by atoms with Crippen molar-refractivity contribution in [1.29, 1.82) is 0 Å². The third-order valence-electron chi connectivity index (χ3n) is 1.75. The van der Waals surface area contributed by atoms with E-state index in [2.05, 4.69) is 25.9 Å². The molecule has 0 aliphatic rings. The maximum Gasteiger partial charge on any atom is 0.320 e. The molecule has 0 spiro atoms. The quantitative estimate of drug-likeness (QED) is 0.803. The molecule has 16 heavy (non-hydrogen) atoms. The van der Waals surface area contributed by atoms with E-state index in [1.807, 2.05) is 13.8 Å². The molecule has 0 aromatic carbocycles. The standard InChI is InChI=1S/C10H15BrN2O3/c1-4-15-6-7(2)16-10-12-5-8(11)9(13-10)14-3/h5,7H,4,6H2,1-3H3. The highest BCUT2D eigenvalue weighted by molar-refractivity contribution is 9.10. The summed E-state index contributed by atoms with van der Waals surface area (Å²) >= 11 is 3.27. The third-order valence-corrected chi connectivity index (χ3v) is 2.29. The molecule has 0 amide bonds. The largest absolute Gasteiger partial charge is 0.480 e. The Bertz CT molecular complexity index is 336. The van der Waals surface area contributed by atoms with Crippen molar-refractivity contribution in [3.8, 4) is 11.9 Å².